The van der Waals surface area contributed by atoms with E-state index in [1.165, 1.54) is 131 Å². The number of fused-ring (bicyclic) bond motifs is 6. The minimum atomic E-state index is -0.159. The summed E-state index contributed by atoms with van der Waals surface area (Å²) in [4.78, 5) is 7.52. The number of para-hydroxylation sites is 4. The lowest BCUT2D eigenvalue weighted by Crippen LogP contribution is -2.18. The predicted molar refractivity (Wildman–Crippen MR) is 268 cm³/mol. The van der Waals surface area contributed by atoms with Gasteiger partial charge in [0.05, 0.1) is 17.1 Å². The van der Waals surface area contributed by atoms with Gasteiger partial charge >= 0.3 is 0 Å². The molecule has 0 amide bonds. The van der Waals surface area contributed by atoms with Gasteiger partial charge in [0.25, 0.3) is 0 Å². The first-order chi connectivity index (χ1) is 30.4. The Kier molecular flexibility index (Phi) is 10.8. The molecule has 62 heavy (non-hydrogen) atoms. The van der Waals surface area contributed by atoms with E-state index in [-0.39, 0.29) is 5.41 Å². The molecule has 0 radical (unpaired) electrons. The van der Waals surface area contributed by atoms with Gasteiger partial charge in [-0.2, -0.15) is 0 Å². The largest absolute Gasteiger partial charge is 0.309 e. The van der Waals surface area contributed by atoms with E-state index in [9.17, 15) is 0 Å². The van der Waals surface area contributed by atoms with Crippen molar-refractivity contribution in [2.24, 2.45) is 0 Å². The highest BCUT2D eigenvalue weighted by Crippen LogP contribution is 2.55. The van der Waals surface area contributed by atoms with E-state index in [0.717, 1.165) is 6.42 Å². The van der Waals surface area contributed by atoms with Crippen molar-refractivity contribution in [1.82, 2.24) is 0 Å². The third-order valence-corrected chi connectivity index (χ3v) is 14.3. The van der Waals surface area contributed by atoms with Crippen LogP contribution in [0, 0.1) is 6.92 Å². The fourth-order valence-electron chi connectivity index (χ4n) is 9.88. The second-order valence-corrected chi connectivity index (χ2v) is 18.6. The predicted octanol–water partition coefficient (Wildman–Crippen LogP) is 17.5. The second-order valence-electron chi connectivity index (χ2n) is 17.5. The van der Waals surface area contributed by atoms with E-state index >= 15 is 0 Å². The summed E-state index contributed by atoms with van der Waals surface area (Å²) in [5.41, 5.74) is 17.7. The summed E-state index contributed by atoms with van der Waals surface area (Å²) >= 11 is 1.86. The van der Waals surface area contributed by atoms with Gasteiger partial charge in [-0.05, 0) is 124 Å². The Balaban J connectivity index is 0.983. The van der Waals surface area contributed by atoms with E-state index in [1.807, 2.05) is 11.8 Å². The summed E-state index contributed by atoms with van der Waals surface area (Å²) < 4.78 is 0. The summed E-state index contributed by atoms with van der Waals surface area (Å²) in [6.45, 7) is 9.30. The maximum atomic E-state index is 2.51. The molecule has 1 aliphatic carbocycles. The van der Waals surface area contributed by atoms with E-state index < -0.39 is 0 Å². The lowest BCUT2D eigenvalue weighted by Gasteiger charge is -2.33. The minimum Gasteiger partial charge on any atom is -0.309 e. The van der Waals surface area contributed by atoms with Gasteiger partial charge in [-0.25, -0.2) is 0 Å². The molecular formula is C59H54N2S. The Morgan fingerprint density at radius 2 is 1.18 bits per heavy atom. The number of hydrogen-bond donors (Lipinski definition) is 0. The standard InChI is InChI=1S/C59H54N2S/c1-5-6-7-8-9-21-44-22-11-13-27-53(44)61(52-26-12-10-20-41(52)2)54-30-19-24-46-43(23-18-25-49(46)54)35-33-42-34-37-47-48-38-36-45(40-51(48)59(3,4)50(47)39-42)60-55-28-14-16-31-57(55)62-58-32-17-15-29-56(58)60/h10-20,22-40H,5-9,21H2,1-4H3. The Morgan fingerprint density at radius 1 is 0.548 bits per heavy atom. The average Bonchev–Trinajstić information content (AvgIpc) is 3.53. The monoisotopic (exact) mass is 822 g/mol. The van der Waals surface area contributed by atoms with Crippen LogP contribution in [0.4, 0.5) is 34.1 Å². The number of nitrogens with zero attached hydrogens (tertiary/aromatic N) is 2. The molecule has 0 atom stereocenters. The van der Waals surface area contributed by atoms with Crippen LogP contribution in [0.2, 0.25) is 0 Å². The molecular weight excluding hydrogens is 769 g/mol. The first-order valence-electron chi connectivity index (χ1n) is 22.5. The fraction of sp³-hybridized carbons (Fsp3) is 0.186. The van der Waals surface area contributed by atoms with Gasteiger partial charge in [-0.15, -0.1) is 0 Å². The Labute approximate surface area is 372 Å². The normalized spacial score (nSPS) is 13.5. The number of rotatable bonds is 12. The van der Waals surface area contributed by atoms with Gasteiger partial charge in [-0.1, -0.05) is 186 Å². The maximum Gasteiger partial charge on any atom is 0.0601 e. The number of hydrogen-bond acceptors (Lipinski definition) is 3. The molecule has 1 aliphatic heterocycles. The Hall–Kier alpha value is -6.29. The van der Waals surface area contributed by atoms with Crippen LogP contribution in [0.15, 0.2) is 180 Å². The van der Waals surface area contributed by atoms with E-state index in [1.54, 1.807) is 0 Å². The van der Waals surface area contributed by atoms with Gasteiger partial charge in [-0.3, -0.25) is 0 Å². The first kappa shape index (κ1) is 39.8. The summed E-state index contributed by atoms with van der Waals surface area (Å²) in [6, 6.07) is 63.2. The van der Waals surface area contributed by atoms with Crippen LogP contribution in [-0.2, 0) is 11.8 Å². The van der Waals surface area contributed by atoms with Crippen LogP contribution in [0.5, 0.6) is 0 Å². The summed E-state index contributed by atoms with van der Waals surface area (Å²) in [5.74, 6) is 0. The molecule has 10 rings (SSSR count). The molecule has 3 heteroatoms. The first-order valence-corrected chi connectivity index (χ1v) is 23.3. The summed E-state index contributed by atoms with van der Waals surface area (Å²) in [5, 5.41) is 2.49. The van der Waals surface area contributed by atoms with Crippen LogP contribution in [0.3, 0.4) is 0 Å². The van der Waals surface area contributed by atoms with Crippen molar-refractivity contribution < 1.29 is 0 Å². The number of aryl methyl sites for hydroxylation is 2. The topological polar surface area (TPSA) is 6.48 Å². The third-order valence-electron chi connectivity index (χ3n) is 13.1. The Morgan fingerprint density at radius 3 is 1.95 bits per heavy atom. The lowest BCUT2D eigenvalue weighted by atomic mass is 9.81. The van der Waals surface area contributed by atoms with Crippen LogP contribution in [0.1, 0.15) is 86.3 Å². The maximum absolute atomic E-state index is 2.51. The van der Waals surface area contributed by atoms with Gasteiger partial charge in [0.15, 0.2) is 0 Å². The molecule has 0 spiro atoms. The van der Waals surface area contributed by atoms with Crippen molar-refractivity contribution in [2.45, 2.75) is 81.4 Å². The minimum absolute atomic E-state index is 0.159. The fourth-order valence-corrected chi connectivity index (χ4v) is 10.9. The number of unbranched alkanes of at least 4 members (excludes halogenated alkanes) is 4. The van der Waals surface area contributed by atoms with Crippen molar-refractivity contribution in [3.8, 4) is 11.1 Å². The second kappa shape index (κ2) is 16.9. The van der Waals surface area contributed by atoms with Crippen molar-refractivity contribution in [1.29, 1.82) is 0 Å². The van der Waals surface area contributed by atoms with Gasteiger partial charge in [0, 0.05) is 37.7 Å². The molecule has 8 aromatic rings. The molecule has 1 heterocycles. The number of benzene rings is 8. The molecule has 0 bridgehead atoms. The van der Waals surface area contributed by atoms with Crippen molar-refractivity contribution in [3.05, 3.63) is 203 Å². The van der Waals surface area contributed by atoms with Gasteiger partial charge < -0.3 is 9.80 Å². The summed E-state index contributed by atoms with van der Waals surface area (Å²) in [6.07, 6.45) is 12.1. The quantitative estimate of drug-likeness (QED) is 0.0895. The van der Waals surface area contributed by atoms with Crippen LogP contribution in [0.25, 0.3) is 34.1 Å². The van der Waals surface area contributed by atoms with Crippen molar-refractivity contribution >= 4 is 68.8 Å². The van der Waals surface area contributed by atoms with Crippen molar-refractivity contribution in [3.63, 3.8) is 0 Å². The molecule has 2 aliphatic rings. The summed E-state index contributed by atoms with van der Waals surface area (Å²) in [7, 11) is 0. The van der Waals surface area contributed by atoms with Gasteiger partial charge in [0.2, 0.25) is 0 Å². The van der Waals surface area contributed by atoms with Gasteiger partial charge in [0.1, 0.15) is 0 Å². The average molecular weight is 823 g/mol. The molecule has 0 N–H and O–H groups in total. The molecule has 0 saturated carbocycles. The molecule has 306 valence electrons. The zero-order valence-electron chi connectivity index (χ0n) is 36.4. The SMILES string of the molecule is CCCCCCCc1ccccc1N(c1ccccc1C)c1cccc2c(C=Cc3ccc4c(c3)C(C)(C)c3cc(N5c6ccccc6Sc6ccccc65)ccc3-4)cccc12. The van der Waals surface area contributed by atoms with E-state index in [0.29, 0.717) is 0 Å². The highest BCUT2D eigenvalue weighted by Gasteiger charge is 2.37. The highest BCUT2D eigenvalue weighted by atomic mass is 32.2. The van der Waals surface area contributed by atoms with E-state index in [4.69, 9.17) is 0 Å². The van der Waals surface area contributed by atoms with E-state index in [2.05, 4.69) is 220 Å². The highest BCUT2D eigenvalue weighted by molar-refractivity contribution is 7.99. The zero-order valence-corrected chi connectivity index (χ0v) is 37.2. The molecule has 0 unspecified atom stereocenters. The molecule has 2 nitrogen and oxygen atoms in total. The number of anilines is 6. The third kappa shape index (κ3) is 7.23. The van der Waals surface area contributed by atoms with Crippen LogP contribution < -0.4 is 9.80 Å². The lowest BCUT2D eigenvalue weighted by molar-refractivity contribution is 0.632. The molecule has 0 aromatic heterocycles. The molecule has 8 aromatic carbocycles. The zero-order chi connectivity index (χ0) is 42.2. The smallest absolute Gasteiger partial charge is 0.0601 e. The Bertz CT molecular complexity index is 2930. The molecule has 0 fully saturated rings. The van der Waals surface area contributed by atoms with Crippen molar-refractivity contribution in [2.75, 3.05) is 9.80 Å². The molecule has 0 saturated heterocycles. The van der Waals surface area contributed by atoms with Crippen LogP contribution in [-0.4, -0.2) is 0 Å². The van der Waals surface area contributed by atoms with Crippen LogP contribution >= 0.6 is 11.8 Å².